The van der Waals surface area contributed by atoms with Crippen molar-refractivity contribution < 1.29 is 18.7 Å². The molecule has 3 aromatic rings. The zero-order valence-corrected chi connectivity index (χ0v) is 22.1. The van der Waals surface area contributed by atoms with Crippen molar-refractivity contribution in [1.29, 1.82) is 0 Å². The van der Waals surface area contributed by atoms with Crippen LogP contribution in [0.3, 0.4) is 0 Å². The molecule has 0 spiro atoms. The summed E-state index contributed by atoms with van der Waals surface area (Å²) in [6, 6.07) is 22.9. The Balaban J connectivity index is 1.36. The van der Waals surface area contributed by atoms with Gasteiger partial charge in [0.05, 0.1) is 5.41 Å². The Labute approximate surface area is 225 Å². The van der Waals surface area contributed by atoms with Crippen molar-refractivity contribution in [2.45, 2.75) is 44.8 Å². The van der Waals surface area contributed by atoms with Crippen LogP contribution in [0.4, 0.5) is 4.39 Å². The number of ether oxygens (including phenoxy) is 2. The maximum Gasteiger partial charge on any atom is 0.226 e. The Bertz CT molecular complexity index is 1220. The number of piperidine rings is 1. The molecule has 6 heteroatoms. The Morgan fingerprint density at radius 1 is 1.00 bits per heavy atom. The Kier molecular flexibility index (Phi) is 8.40. The van der Waals surface area contributed by atoms with Crippen molar-refractivity contribution in [2.75, 3.05) is 33.4 Å². The molecule has 0 bridgehead atoms. The van der Waals surface area contributed by atoms with Crippen molar-refractivity contribution >= 4 is 5.91 Å². The number of carbonyl (C=O) groups is 1. The van der Waals surface area contributed by atoms with Crippen LogP contribution in [0.1, 0.15) is 36.8 Å². The second kappa shape index (κ2) is 12.1. The number of benzene rings is 3. The summed E-state index contributed by atoms with van der Waals surface area (Å²) < 4.78 is 26.1. The standard InChI is InChI=1S/C32H37FN2O3/c1-35-16-12-28(13-17-35)34-31(36)32(14-18-37-19-15-32)22-25-8-5-9-26(20-25)29-21-27(33)10-11-30(29)38-23-24-6-3-2-4-7-24/h2-11,20-21,28H,12-19,22-23H2,1H3,(H,34,36). The highest BCUT2D eigenvalue weighted by atomic mass is 19.1. The normalized spacial score (nSPS) is 18.2. The average Bonchev–Trinajstić information content (AvgIpc) is 2.95. The highest BCUT2D eigenvalue weighted by Crippen LogP contribution is 2.37. The molecule has 2 saturated heterocycles. The van der Waals surface area contributed by atoms with Crippen molar-refractivity contribution in [3.05, 3.63) is 89.7 Å². The summed E-state index contributed by atoms with van der Waals surface area (Å²) in [7, 11) is 2.13. The van der Waals surface area contributed by atoms with Crippen LogP contribution >= 0.6 is 0 Å². The van der Waals surface area contributed by atoms with Gasteiger partial charge >= 0.3 is 0 Å². The van der Waals surface area contributed by atoms with Crippen LogP contribution in [0.2, 0.25) is 0 Å². The second-order valence-corrected chi connectivity index (χ2v) is 10.7. The maximum absolute atomic E-state index is 14.4. The molecule has 5 rings (SSSR count). The molecule has 2 fully saturated rings. The zero-order valence-electron chi connectivity index (χ0n) is 22.1. The van der Waals surface area contributed by atoms with Crippen molar-refractivity contribution in [3.8, 4) is 16.9 Å². The molecule has 2 heterocycles. The van der Waals surface area contributed by atoms with Crippen LogP contribution in [0.25, 0.3) is 11.1 Å². The highest BCUT2D eigenvalue weighted by molar-refractivity contribution is 5.83. The lowest BCUT2D eigenvalue weighted by molar-refractivity contribution is -0.137. The monoisotopic (exact) mass is 516 g/mol. The molecular formula is C32H37FN2O3. The van der Waals surface area contributed by atoms with Crippen LogP contribution < -0.4 is 10.1 Å². The number of nitrogens with zero attached hydrogens (tertiary/aromatic N) is 1. The number of amides is 1. The van der Waals surface area contributed by atoms with Gasteiger partial charge in [-0.3, -0.25) is 4.79 Å². The molecule has 0 unspecified atom stereocenters. The Morgan fingerprint density at radius 2 is 1.74 bits per heavy atom. The summed E-state index contributed by atoms with van der Waals surface area (Å²) in [5, 5.41) is 3.37. The molecule has 1 amide bonds. The van der Waals surface area contributed by atoms with E-state index in [0.29, 0.717) is 50.4 Å². The minimum absolute atomic E-state index is 0.137. The van der Waals surface area contributed by atoms with E-state index in [4.69, 9.17) is 9.47 Å². The van der Waals surface area contributed by atoms with Gasteiger partial charge in [-0.25, -0.2) is 4.39 Å². The topological polar surface area (TPSA) is 50.8 Å². The van der Waals surface area contributed by atoms with Crippen LogP contribution in [-0.2, 0) is 22.6 Å². The first-order chi connectivity index (χ1) is 18.5. The van der Waals surface area contributed by atoms with Gasteiger partial charge in [-0.1, -0.05) is 54.6 Å². The Hall–Kier alpha value is -3.22. The van der Waals surface area contributed by atoms with Gasteiger partial charge in [-0.05, 0) is 87.1 Å². The zero-order chi connectivity index (χ0) is 26.4. The molecule has 0 saturated carbocycles. The van der Waals surface area contributed by atoms with Gasteiger partial charge in [0.25, 0.3) is 0 Å². The van der Waals surface area contributed by atoms with Crippen LogP contribution in [0.5, 0.6) is 5.75 Å². The largest absolute Gasteiger partial charge is 0.488 e. The molecule has 38 heavy (non-hydrogen) atoms. The van der Waals surface area contributed by atoms with Crippen LogP contribution in [-0.4, -0.2) is 50.2 Å². The van der Waals surface area contributed by atoms with Crippen molar-refractivity contribution in [2.24, 2.45) is 5.41 Å². The first-order valence-corrected chi connectivity index (χ1v) is 13.6. The van der Waals surface area contributed by atoms with Gasteiger partial charge in [0, 0.05) is 24.8 Å². The van der Waals surface area contributed by atoms with Gasteiger partial charge in [-0.2, -0.15) is 0 Å². The summed E-state index contributed by atoms with van der Waals surface area (Å²) in [6.07, 6.45) is 3.98. The SMILES string of the molecule is CN1CCC(NC(=O)C2(Cc3cccc(-c4cc(F)ccc4OCc4ccccc4)c3)CCOCC2)CC1. The van der Waals surface area contributed by atoms with E-state index in [9.17, 15) is 9.18 Å². The predicted octanol–water partition coefficient (Wildman–Crippen LogP) is 5.62. The summed E-state index contributed by atoms with van der Waals surface area (Å²) in [4.78, 5) is 16.0. The molecule has 5 nitrogen and oxygen atoms in total. The number of nitrogens with one attached hydrogen (secondary N) is 1. The number of hydrogen-bond donors (Lipinski definition) is 1. The molecule has 2 aliphatic heterocycles. The molecular weight excluding hydrogens is 479 g/mol. The van der Waals surface area contributed by atoms with E-state index >= 15 is 0 Å². The molecule has 0 atom stereocenters. The summed E-state index contributed by atoms with van der Waals surface area (Å²) >= 11 is 0. The van der Waals surface area contributed by atoms with Gasteiger partial charge in [0.1, 0.15) is 18.2 Å². The quantitative estimate of drug-likeness (QED) is 0.422. The second-order valence-electron chi connectivity index (χ2n) is 10.7. The number of carbonyl (C=O) groups excluding carboxylic acids is 1. The van der Waals surface area contributed by atoms with Crippen LogP contribution in [0.15, 0.2) is 72.8 Å². The molecule has 1 N–H and O–H groups in total. The minimum Gasteiger partial charge on any atom is -0.488 e. The predicted molar refractivity (Wildman–Crippen MR) is 147 cm³/mol. The molecule has 0 aromatic heterocycles. The highest BCUT2D eigenvalue weighted by Gasteiger charge is 2.41. The van der Waals surface area contributed by atoms with E-state index < -0.39 is 5.41 Å². The number of rotatable bonds is 8. The van der Waals surface area contributed by atoms with Gasteiger partial charge in [-0.15, -0.1) is 0 Å². The van der Waals surface area contributed by atoms with E-state index in [0.717, 1.165) is 42.6 Å². The molecule has 0 aliphatic carbocycles. The van der Waals surface area contributed by atoms with Crippen molar-refractivity contribution in [3.63, 3.8) is 0 Å². The van der Waals surface area contributed by atoms with Gasteiger partial charge < -0.3 is 19.7 Å². The molecule has 0 radical (unpaired) electrons. The van der Waals surface area contributed by atoms with Crippen molar-refractivity contribution in [1.82, 2.24) is 10.2 Å². The van der Waals surface area contributed by atoms with E-state index in [1.54, 1.807) is 6.07 Å². The number of hydrogen-bond acceptors (Lipinski definition) is 4. The molecule has 2 aliphatic rings. The fourth-order valence-electron chi connectivity index (χ4n) is 5.57. The third-order valence-corrected chi connectivity index (χ3v) is 7.94. The summed E-state index contributed by atoms with van der Waals surface area (Å²) in [5.41, 5.74) is 3.19. The lowest BCUT2D eigenvalue weighted by Crippen LogP contribution is -2.51. The number of halogens is 1. The fraction of sp³-hybridized carbons (Fsp3) is 0.406. The third kappa shape index (κ3) is 6.43. The summed E-state index contributed by atoms with van der Waals surface area (Å²) in [5.74, 6) is 0.461. The first-order valence-electron chi connectivity index (χ1n) is 13.6. The smallest absolute Gasteiger partial charge is 0.226 e. The average molecular weight is 517 g/mol. The van der Waals surface area contributed by atoms with Gasteiger partial charge in [0.15, 0.2) is 0 Å². The maximum atomic E-state index is 14.4. The van der Waals surface area contributed by atoms with Crippen LogP contribution in [0, 0.1) is 11.2 Å². The minimum atomic E-state index is -0.505. The van der Waals surface area contributed by atoms with E-state index in [-0.39, 0.29) is 17.8 Å². The lowest BCUT2D eigenvalue weighted by Gasteiger charge is -2.38. The Morgan fingerprint density at radius 3 is 2.50 bits per heavy atom. The van der Waals surface area contributed by atoms with E-state index in [2.05, 4.69) is 29.4 Å². The van der Waals surface area contributed by atoms with Gasteiger partial charge in [0.2, 0.25) is 5.91 Å². The molecule has 200 valence electrons. The van der Waals surface area contributed by atoms with E-state index in [1.165, 1.54) is 12.1 Å². The summed E-state index contributed by atoms with van der Waals surface area (Å²) in [6.45, 7) is 3.58. The van der Waals surface area contributed by atoms with E-state index in [1.807, 2.05) is 42.5 Å². The first kappa shape index (κ1) is 26.4. The lowest BCUT2D eigenvalue weighted by atomic mass is 9.74. The number of likely N-dealkylation sites (tertiary alicyclic amines) is 1. The fourth-order valence-corrected chi connectivity index (χ4v) is 5.57. The molecule has 3 aromatic carbocycles. The third-order valence-electron chi connectivity index (χ3n) is 7.94.